The Hall–Kier alpha value is -2.34. The monoisotopic (exact) mass is 391 g/mol. The summed E-state index contributed by atoms with van der Waals surface area (Å²) in [4.78, 5) is 23.7. The highest BCUT2D eigenvalue weighted by atomic mass is 79.9. The van der Waals surface area contributed by atoms with Crippen LogP contribution in [0.5, 0.6) is 5.75 Å². The quantitative estimate of drug-likeness (QED) is 0.765. The number of esters is 1. The Labute approximate surface area is 149 Å². The van der Waals surface area contributed by atoms with Gasteiger partial charge >= 0.3 is 5.97 Å². The first-order valence-electron chi connectivity index (χ1n) is 7.32. The standard InChI is InChI=1S/C18H18BrNO4/c1-12-3-8-16(15(19)9-12)20-17(21)11-24-18(22)10-13-4-6-14(23-2)7-5-13/h3-9H,10-11H2,1-2H3,(H,20,21). The number of ether oxygens (including phenoxy) is 2. The van der Waals surface area contributed by atoms with Crippen molar-refractivity contribution in [3.05, 3.63) is 58.1 Å². The van der Waals surface area contributed by atoms with Gasteiger partial charge in [0.2, 0.25) is 0 Å². The molecule has 0 saturated heterocycles. The van der Waals surface area contributed by atoms with Crippen LogP contribution in [0.15, 0.2) is 46.9 Å². The number of amides is 1. The summed E-state index contributed by atoms with van der Waals surface area (Å²) in [5.41, 5.74) is 2.50. The molecule has 0 unspecified atom stereocenters. The van der Waals surface area contributed by atoms with Gasteiger partial charge in [0.15, 0.2) is 6.61 Å². The van der Waals surface area contributed by atoms with Gasteiger partial charge in [-0.2, -0.15) is 0 Å². The number of methoxy groups -OCH3 is 1. The summed E-state index contributed by atoms with van der Waals surface area (Å²) < 4.78 is 10.8. The van der Waals surface area contributed by atoms with Crippen LogP contribution in [0.25, 0.3) is 0 Å². The Bertz CT molecular complexity index is 728. The van der Waals surface area contributed by atoms with Gasteiger partial charge in [0.05, 0.1) is 19.2 Å². The third kappa shape index (κ3) is 5.38. The number of hydrogen-bond acceptors (Lipinski definition) is 4. The highest BCUT2D eigenvalue weighted by Crippen LogP contribution is 2.23. The molecule has 0 heterocycles. The van der Waals surface area contributed by atoms with Crippen LogP contribution in [-0.2, 0) is 20.7 Å². The first-order chi connectivity index (χ1) is 11.5. The second-order valence-corrected chi connectivity index (χ2v) is 6.07. The van der Waals surface area contributed by atoms with Gasteiger partial charge in [0, 0.05) is 4.47 Å². The fourth-order valence-corrected chi connectivity index (χ4v) is 2.61. The average molecular weight is 392 g/mol. The van der Waals surface area contributed by atoms with E-state index in [1.165, 1.54) is 0 Å². The molecule has 2 aromatic rings. The van der Waals surface area contributed by atoms with Crippen molar-refractivity contribution in [1.82, 2.24) is 0 Å². The molecule has 0 atom stereocenters. The molecule has 1 amide bonds. The van der Waals surface area contributed by atoms with Crippen molar-refractivity contribution in [2.75, 3.05) is 19.0 Å². The van der Waals surface area contributed by atoms with E-state index in [0.717, 1.165) is 21.3 Å². The van der Waals surface area contributed by atoms with Crippen molar-refractivity contribution in [3.8, 4) is 5.75 Å². The lowest BCUT2D eigenvalue weighted by Gasteiger charge is -2.09. The second kappa shape index (κ2) is 8.49. The summed E-state index contributed by atoms with van der Waals surface area (Å²) in [6.45, 7) is 1.63. The number of benzene rings is 2. The topological polar surface area (TPSA) is 64.6 Å². The molecule has 24 heavy (non-hydrogen) atoms. The molecule has 0 aliphatic rings. The molecule has 0 radical (unpaired) electrons. The van der Waals surface area contributed by atoms with Crippen molar-refractivity contribution < 1.29 is 19.1 Å². The molecule has 126 valence electrons. The predicted octanol–water partition coefficient (Wildman–Crippen LogP) is 3.49. The van der Waals surface area contributed by atoms with E-state index in [1.54, 1.807) is 37.4 Å². The van der Waals surface area contributed by atoms with E-state index in [2.05, 4.69) is 21.2 Å². The summed E-state index contributed by atoms with van der Waals surface area (Å²) in [7, 11) is 1.58. The van der Waals surface area contributed by atoms with Gasteiger partial charge in [0.1, 0.15) is 5.75 Å². The molecule has 0 spiro atoms. The van der Waals surface area contributed by atoms with Gasteiger partial charge in [-0.1, -0.05) is 18.2 Å². The molecule has 0 aliphatic heterocycles. The van der Waals surface area contributed by atoms with Crippen LogP contribution in [0.3, 0.4) is 0 Å². The Balaban J connectivity index is 1.81. The molecule has 1 N–H and O–H groups in total. The van der Waals surface area contributed by atoms with Crippen LogP contribution in [0.2, 0.25) is 0 Å². The van der Waals surface area contributed by atoms with Gasteiger partial charge in [-0.05, 0) is 58.2 Å². The molecule has 2 aromatic carbocycles. The number of rotatable bonds is 6. The highest BCUT2D eigenvalue weighted by molar-refractivity contribution is 9.10. The van der Waals surface area contributed by atoms with Crippen LogP contribution in [0.1, 0.15) is 11.1 Å². The van der Waals surface area contributed by atoms with Crippen molar-refractivity contribution in [1.29, 1.82) is 0 Å². The first kappa shape index (κ1) is 18.0. The highest BCUT2D eigenvalue weighted by Gasteiger charge is 2.10. The molecule has 0 saturated carbocycles. The van der Waals surface area contributed by atoms with E-state index < -0.39 is 5.97 Å². The minimum atomic E-state index is -0.460. The van der Waals surface area contributed by atoms with Crippen molar-refractivity contribution >= 4 is 33.5 Å². The summed E-state index contributed by atoms with van der Waals surface area (Å²) in [6, 6.07) is 12.7. The van der Waals surface area contributed by atoms with Crippen molar-refractivity contribution in [2.45, 2.75) is 13.3 Å². The number of hydrogen-bond donors (Lipinski definition) is 1. The molecule has 0 aliphatic carbocycles. The van der Waals surface area contributed by atoms with E-state index in [0.29, 0.717) is 5.69 Å². The number of aryl methyl sites for hydroxylation is 1. The molecule has 0 bridgehead atoms. The number of nitrogens with one attached hydrogen (secondary N) is 1. The predicted molar refractivity (Wildman–Crippen MR) is 95.2 cm³/mol. The van der Waals surface area contributed by atoms with Gasteiger partial charge in [-0.25, -0.2) is 0 Å². The minimum Gasteiger partial charge on any atom is -0.497 e. The largest absolute Gasteiger partial charge is 0.497 e. The van der Waals surface area contributed by atoms with E-state index in [-0.39, 0.29) is 18.9 Å². The lowest BCUT2D eigenvalue weighted by atomic mass is 10.1. The number of carbonyl (C=O) groups excluding carboxylic acids is 2. The zero-order valence-corrected chi connectivity index (χ0v) is 15.1. The SMILES string of the molecule is COc1ccc(CC(=O)OCC(=O)Nc2ccc(C)cc2Br)cc1. The average Bonchev–Trinajstić information content (AvgIpc) is 2.56. The number of halogens is 1. The Morgan fingerprint density at radius 2 is 1.83 bits per heavy atom. The molecule has 5 nitrogen and oxygen atoms in total. The van der Waals surface area contributed by atoms with E-state index in [4.69, 9.17) is 9.47 Å². The molecular formula is C18H18BrNO4. The van der Waals surface area contributed by atoms with Gasteiger partial charge in [-0.15, -0.1) is 0 Å². The first-order valence-corrected chi connectivity index (χ1v) is 8.12. The Morgan fingerprint density at radius 1 is 1.12 bits per heavy atom. The third-order valence-electron chi connectivity index (χ3n) is 3.27. The zero-order valence-electron chi connectivity index (χ0n) is 13.5. The molecular weight excluding hydrogens is 374 g/mol. The zero-order chi connectivity index (χ0) is 17.5. The summed E-state index contributed by atoms with van der Waals surface area (Å²) >= 11 is 3.38. The van der Waals surface area contributed by atoms with Gasteiger partial charge in [-0.3, -0.25) is 9.59 Å². The lowest BCUT2D eigenvalue weighted by molar-refractivity contribution is -0.146. The number of carbonyl (C=O) groups is 2. The van der Waals surface area contributed by atoms with Crippen molar-refractivity contribution in [2.24, 2.45) is 0 Å². The van der Waals surface area contributed by atoms with E-state index >= 15 is 0 Å². The molecule has 0 aromatic heterocycles. The van der Waals surface area contributed by atoms with Crippen LogP contribution in [-0.4, -0.2) is 25.6 Å². The third-order valence-corrected chi connectivity index (χ3v) is 3.93. The molecule has 2 rings (SSSR count). The van der Waals surface area contributed by atoms with Gasteiger partial charge in [0.25, 0.3) is 5.91 Å². The number of anilines is 1. The minimum absolute atomic E-state index is 0.103. The fourth-order valence-electron chi connectivity index (χ4n) is 2.01. The lowest BCUT2D eigenvalue weighted by Crippen LogP contribution is -2.21. The summed E-state index contributed by atoms with van der Waals surface area (Å²) in [6.07, 6.45) is 0.103. The maximum Gasteiger partial charge on any atom is 0.310 e. The smallest absolute Gasteiger partial charge is 0.310 e. The normalized spacial score (nSPS) is 10.1. The molecule has 6 heteroatoms. The maximum absolute atomic E-state index is 11.9. The van der Waals surface area contributed by atoms with Crippen molar-refractivity contribution in [3.63, 3.8) is 0 Å². The molecule has 0 fully saturated rings. The van der Waals surface area contributed by atoms with E-state index in [1.807, 2.05) is 19.1 Å². The Morgan fingerprint density at radius 3 is 2.46 bits per heavy atom. The van der Waals surface area contributed by atoms with E-state index in [9.17, 15) is 9.59 Å². The summed E-state index contributed by atoms with van der Waals surface area (Å²) in [5, 5.41) is 2.69. The maximum atomic E-state index is 11.9. The van der Waals surface area contributed by atoms with Crippen LogP contribution < -0.4 is 10.1 Å². The second-order valence-electron chi connectivity index (χ2n) is 5.22. The van der Waals surface area contributed by atoms with Crippen LogP contribution in [0.4, 0.5) is 5.69 Å². The van der Waals surface area contributed by atoms with Gasteiger partial charge < -0.3 is 14.8 Å². The Kier molecular flexibility index (Phi) is 6.37. The fraction of sp³-hybridized carbons (Fsp3) is 0.222. The summed E-state index contributed by atoms with van der Waals surface area (Å²) in [5.74, 6) is -0.129. The van der Waals surface area contributed by atoms with Crippen LogP contribution in [0, 0.1) is 6.92 Å². The van der Waals surface area contributed by atoms with Crippen LogP contribution >= 0.6 is 15.9 Å².